The summed E-state index contributed by atoms with van der Waals surface area (Å²) < 4.78 is 20.8. The van der Waals surface area contributed by atoms with Crippen molar-refractivity contribution in [2.75, 3.05) is 33.0 Å². The fourth-order valence-corrected chi connectivity index (χ4v) is 4.76. The van der Waals surface area contributed by atoms with Crippen LogP contribution in [0.25, 0.3) is 0 Å². The Hall–Kier alpha value is -0.640. The van der Waals surface area contributed by atoms with E-state index in [0.717, 1.165) is 0 Å². The van der Waals surface area contributed by atoms with Crippen LogP contribution in [0.5, 0.6) is 0 Å². The third-order valence-electron chi connectivity index (χ3n) is 6.75. The average Bonchev–Trinajstić information content (AvgIpc) is 2.81. The highest BCUT2D eigenvalue weighted by Crippen LogP contribution is 2.49. The van der Waals surface area contributed by atoms with Gasteiger partial charge in [0.1, 0.15) is 61.5 Å². The van der Waals surface area contributed by atoms with Crippen LogP contribution in [0.15, 0.2) is 0 Å². The Balaban J connectivity index is 2.17. The van der Waals surface area contributed by atoms with Gasteiger partial charge >= 0.3 is 0 Å². The smallest absolute Gasteiger partial charge is 0.219 e. The maximum Gasteiger partial charge on any atom is 0.219 e. The van der Waals surface area contributed by atoms with Gasteiger partial charge in [0.2, 0.25) is 5.79 Å². The molecule has 3 fully saturated rings. The Morgan fingerprint density at radius 2 is 1.32 bits per heavy atom. The topological polar surface area (TPSA) is 280 Å². The molecule has 0 bridgehead atoms. The van der Waals surface area contributed by atoms with Crippen LogP contribution in [0.1, 0.15) is 0 Å². The van der Waals surface area contributed by atoms with Gasteiger partial charge in [-0.05, 0) is 0 Å². The second kappa shape index (κ2) is 10.0. The molecule has 0 aromatic carbocycles. The molecule has 3 aliphatic rings. The van der Waals surface area contributed by atoms with E-state index >= 15 is 0 Å². The van der Waals surface area contributed by atoms with Gasteiger partial charge in [0.05, 0.1) is 26.4 Å². The third-order valence-corrected chi connectivity index (χ3v) is 6.75. The van der Waals surface area contributed by atoms with Crippen LogP contribution in [0.4, 0.5) is 0 Å². The minimum absolute atomic E-state index is 0.658. The normalized spacial score (nSPS) is 54.7. The van der Waals surface area contributed by atoms with Crippen molar-refractivity contribution in [1.82, 2.24) is 0 Å². The van der Waals surface area contributed by atoms with Crippen molar-refractivity contribution in [2.24, 2.45) is 0 Å². The molecule has 0 radical (unpaired) electrons. The van der Waals surface area contributed by atoms with Crippen LogP contribution in [0.2, 0.25) is 0 Å². The first-order valence-corrected chi connectivity index (χ1v) is 10.5. The van der Waals surface area contributed by atoms with Gasteiger partial charge in [-0.25, -0.2) is 0 Å². The number of hydrogen-bond donors (Lipinski definition) is 12. The first kappa shape index (κ1) is 27.9. The summed E-state index contributed by atoms with van der Waals surface area (Å²) in [5, 5.41) is 125. The van der Waals surface area contributed by atoms with Gasteiger partial charge in [0, 0.05) is 0 Å². The zero-order valence-electron chi connectivity index (χ0n) is 17.8. The molecular formula is C18H32O16. The van der Waals surface area contributed by atoms with Crippen LogP contribution < -0.4 is 0 Å². The van der Waals surface area contributed by atoms with Crippen molar-refractivity contribution in [3.63, 3.8) is 0 Å². The van der Waals surface area contributed by atoms with Crippen LogP contribution in [-0.4, -0.2) is 173 Å². The predicted octanol–water partition coefficient (Wildman–Crippen LogP) is -8.18. The van der Waals surface area contributed by atoms with Gasteiger partial charge in [0.25, 0.3) is 0 Å². The van der Waals surface area contributed by atoms with E-state index in [1.165, 1.54) is 0 Å². The van der Waals surface area contributed by atoms with E-state index in [-0.39, 0.29) is 0 Å². The molecule has 34 heavy (non-hydrogen) atoms. The maximum absolute atomic E-state index is 11.6. The molecule has 3 rings (SSSR count). The fourth-order valence-electron chi connectivity index (χ4n) is 4.76. The quantitative estimate of drug-likeness (QED) is 0.150. The SMILES string of the molecule is OC[C@H]1O[C@H](O)[C@@](O)([C@]2(O[C@@]3(O)CO[C@H](CO)[C@H](O)[C@@H]3O)[C@H](O)[C@@H](O)CO[C@@H]2CO)[C@@H](O)[C@@H]1O. The second-order valence-electron chi connectivity index (χ2n) is 8.69. The van der Waals surface area contributed by atoms with Crippen LogP contribution in [0.3, 0.4) is 0 Å². The highest BCUT2D eigenvalue weighted by molar-refractivity contribution is 5.21. The molecule has 16 heteroatoms. The summed E-state index contributed by atoms with van der Waals surface area (Å²) in [7, 11) is 0. The summed E-state index contributed by atoms with van der Waals surface area (Å²) >= 11 is 0. The molecule has 0 aromatic heterocycles. The Morgan fingerprint density at radius 3 is 1.88 bits per heavy atom. The molecular weight excluding hydrogens is 472 g/mol. The minimum atomic E-state index is -3.42. The summed E-state index contributed by atoms with van der Waals surface area (Å²) in [5.74, 6) is -3.08. The van der Waals surface area contributed by atoms with Gasteiger partial charge in [0.15, 0.2) is 17.5 Å². The van der Waals surface area contributed by atoms with Gasteiger partial charge in [-0.3, -0.25) is 0 Å². The van der Waals surface area contributed by atoms with Crippen molar-refractivity contribution in [3.05, 3.63) is 0 Å². The summed E-state index contributed by atoms with van der Waals surface area (Å²) in [6.07, 6.45) is -20.9. The Labute approximate surface area is 192 Å². The molecule has 16 nitrogen and oxygen atoms in total. The number of rotatable bonds is 6. The Bertz CT molecular complexity index is 695. The summed E-state index contributed by atoms with van der Waals surface area (Å²) in [4.78, 5) is 0. The van der Waals surface area contributed by atoms with E-state index in [4.69, 9.17) is 18.9 Å². The number of aliphatic hydroxyl groups is 12. The van der Waals surface area contributed by atoms with E-state index in [2.05, 4.69) is 0 Å². The van der Waals surface area contributed by atoms with Crippen molar-refractivity contribution in [2.45, 2.75) is 78.2 Å². The lowest BCUT2D eigenvalue weighted by Crippen LogP contribution is -2.86. The molecule has 200 valence electrons. The summed E-state index contributed by atoms with van der Waals surface area (Å²) in [6, 6.07) is 0. The molecule has 0 amide bonds. The van der Waals surface area contributed by atoms with Crippen LogP contribution in [-0.2, 0) is 18.9 Å². The Morgan fingerprint density at radius 1 is 0.735 bits per heavy atom. The predicted molar refractivity (Wildman–Crippen MR) is 101 cm³/mol. The molecule has 3 heterocycles. The molecule has 3 aliphatic heterocycles. The highest BCUT2D eigenvalue weighted by atomic mass is 16.7. The maximum atomic E-state index is 11.6. The third kappa shape index (κ3) is 3.97. The lowest BCUT2D eigenvalue weighted by molar-refractivity contribution is -0.463. The zero-order valence-corrected chi connectivity index (χ0v) is 17.8. The molecule has 0 unspecified atom stereocenters. The van der Waals surface area contributed by atoms with Crippen LogP contribution >= 0.6 is 0 Å². The first-order chi connectivity index (χ1) is 15.8. The first-order valence-electron chi connectivity index (χ1n) is 10.5. The van der Waals surface area contributed by atoms with E-state index in [9.17, 15) is 61.3 Å². The standard InChI is InChI=1S/C18H32O16/c19-1-7-10(23)13(26)16(29,5-32-7)34-18(9(3-21)31-4-6(22)12(18)25)17(30)14(27)11(24)8(2-20)33-15(17)28/h6-15,19-30H,1-5H2/t6-,7+,8+,9+,10-,11+,12+,13-,14-,15-,16-,17+,18+/m0/s1. The van der Waals surface area contributed by atoms with Gasteiger partial charge in [-0.15, -0.1) is 0 Å². The molecule has 0 aromatic rings. The lowest BCUT2D eigenvalue weighted by Gasteiger charge is -2.62. The molecule has 0 aliphatic carbocycles. The van der Waals surface area contributed by atoms with Crippen LogP contribution in [0, 0.1) is 0 Å². The molecule has 13 atom stereocenters. The summed E-state index contributed by atoms with van der Waals surface area (Å²) in [6.45, 7) is -4.54. The number of hydrogen-bond acceptors (Lipinski definition) is 16. The van der Waals surface area contributed by atoms with E-state index in [1.54, 1.807) is 0 Å². The van der Waals surface area contributed by atoms with Crippen molar-refractivity contribution in [3.8, 4) is 0 Å². The van der Waals surface area contributed by atoms with E-state index in [0.29, 0.717) is 0 Å². The molecule has 0 saturated carbocycles. The lowest BCUT2D eigenvalue weighted by atomic mass is 9.65. The van der Waals surface area contributed by atoms with Crippen molar-refractivity contribution >= 4 is 0 Å². The van der Waals surface area contributed by atoms with Gasteiger partial charge in [-0.1, -0.05) is 0 Å². The minimum Gasteiger partial charge on any atom is -0.394 e. The number of ether oxygens (including phenoxy) is 4. The highest BCUT2D eigenvalue weighted by Gasteiger charge is 2.75. The molecule has 12 N–H and O–H groups in total. The van der Waals surface area contributed by atoms with E-state index < -0.39 is 111 Å². The fraction of sp³-hybridized carbons (Fsp3) is 1.00. The molecule has 0 spiro atoms. The van der Waals surface area contributed by atoms with E-state index in [1.807, 2.05) is 0 Å². The largest absolute Gasteiger partial charge is 0.394 e. The monoisotopic (exact) mass is 504 g/mol. The van der Waals surface area contributed by atoms with Crippen molar-refractivity contribution in [1.29, 1.82) is 0 Å². The van der Waals surface area contributed by atoms with Gasteiger partial charge < -0.3 is 80.2 Å². The zero-order chi connectivity index (χ0) is 25.6. The summed E-state index contributed by atoms with van der Waals surface area (Å²) in [5.41, 5.74) is -6.59. The Kier molecular flexibility index (Phi) is 8.23. The second-order valence-corrected chi connectivity index (χ2v) is 8.69. The molecule has 3 saturated heterocycles. The number of aliphatic hydroxyl groups excluding tert-OH is 10. The van der Waals surface area contributed by atoms with Gasteiger partial charge in [-0.2, -0.15) is 0 Å². The average molecular weight is 504 g/mol. The van der Waals surface area contributed by atoms with Crippen molar-refractivity contribution < 1.29 is 80.2 Å².